The van der Waals surface area contributed by atoms with E-state index in [1.807, 2.05) is 16.9 Å². The van der Waals surface area contributed by atoms with Crippen molar-refractivity contribution in [2.24, 2.45) is 5.92 Å². The highest BCUT2D eigenvalue weighted by Gasteiger charge is 2.25. The van der Waals surface area contributed by atoms with E-state index in [-0.39, 0.29) is 0 Å². The van der Waals surface area contributed by atoms with Crippen LogP contribution in [0.1, 0.15) is 38.3 Å². The van der Waals surface area contributed by atoms with E-state index in [1.165, 1.54) is 5.69 Å². The first-order valence-corrected chi connectivity index (χ1v) is 10.6. The molecule has 0 aliphatic carbocycles. The maximum Gasteiger partial charge on any atom is 0.227 e. The van der Waals surface area contributed by atoms with Crippen LogP contribution >= 0.6 is 0 Å². The lowest BCUT2D eigenvalue weighted by Crippen LogP contribution is -2.37. The zero-order valence-corrected chi connectivity index (χ0v) is 17.8. The van der Waals surface area contributed by atoms with Crippen molar-refractivity contribution in [1.29, 1.82) is 0 Å². The van der Waals surface area contributed by atoms with Crippen molar-refractivity contribution in [3.63, 3.8) is 0 Å². The lowest BCUT2D eigenvalue weighted by molar-refractivity contribution is 0.122. The summed E-state index contributed by atoms with van der Waals surface area (Å²) in [6.45, 7) is 10.4. The fourth-order valence-corrected chi connectivity index (χ4v) is 4.11. The van der Waals surface area contributed by atoms with Crippen LogP contribution in [0.5, 0.6) is 0 Å². The lowest BCUT2D eigenvalue weighted by Gasteiger charge is -2.33. The third-order valence-electron chi connectivity index (χ3n) is 5.78. The van der Waals surface area contributed by atoms with Gasteiger partial charge in [0, 0.05) is 52.2 Å². The number of aromatic nitrogens is 4. The van der Waals surface area contributed by atoms with Gasteiger partial charge in [0.15, 0.2) is 5.82 Å². The van der Waals surface area contributed by atoms with Crippen LogP contribution in [-0.4, -0.2) is 72.9 Å². The summed E-state index contributed by atoms with van der Waals surface area (Å²) in [4.78, 5) is 13.9. The quantitative estimate of drug-likeness (QED) is 0.738. The fourth-order valence-electron chi connectivity index (χ4n) is 4.11. The number of piperidine rings is 1. The molecule has 4 rings (SSSR count). The largest absolute Gasteiger partial charge is 0.384 e. The molecule has 0 aromatic carbocycles. The maximum atomic E-state index is 5.44. The van der Waals surface area contributed by atoms with Gasteiger partial charge in [-0.05, 0) is 24.7 Å². The molecule has 0 saturated carbocycles. The Morgan fingerprint density at radius 2 is 1.90 bits per heavy atom. The van der Waals surface area contributed by atoms with Crippen molar-refractivity contribution >= 4 is 11.6 Å². The normalized spacial score (nSPS) is 18.6. The summed E-state index contributed by atoms with van der Waals surface area (Å²) in [7, 11) is 1.79. The second-order valence-electron chi connectivity index (χ2n) is 8.20. The molecule has 0 radical (unpaired) electrons. The highest BCUT2D eigenvalue weighted by atomic mass is 16.5. The molecule has 8 nitrogen and oxygen atoms in total. The number of methoxy groups -OCH3 is 1. The molecule has 2 fully saturated rings. The van der Waals surface area contributed by atoms with Gasteiger partial charge < -0.3 is 19.3 Å². The van der Waals surface area contributed by atoms with Crippen molar-refractivity contribution in [2.75, 3.05) is 62.9 Å². The monoisotopic (exact) mass is 400 g/mol. The van der Waals surface area contributed by atoms with Crippen LogP contribution in [0.4, 0.5) is 11.6 Å². The van der Waals surface area contributed by atoms with Crippen molar-refractivity contribution in [2.45, 2.75) is 32.6 Å². The minimum absolute atomic E-state index is 0.350. The molecule has 0 amide bonds. The number of morpholine rings is 1. The van der Waals surface area contributed by atoms with E-state index in [1.54, 1.807) is 7.11 Å². The molecule has 0 spiro atoms. The van der Waals surface area contributed by atoms with Crippen molar-refractivity contribution in [3.8, 4) is 5.82 Å². The van der Waals surface area contributed by atoms with Crippen LogP contribution < -0.4 is 9.80 Å². The SMILES string of the molecule is COCC1CCN(c2cn(-c3ccnc(N4CCOCC4)n3)nc2C(C)C)CC1. The van der Waals surface area contributed by atoms with E-state index in [0.29, 0.717) is 11.8 Å². The van der Waals surface area contributed by atoms with Crippen LogP contribution in [0.15, 0.2) is 18.5 Å². The summed E-state index contributed by atoms with van der Waals surface area (Å²) in [5, 5.41) is 4.91. The summed E-state index contributed by atoms with van der Waals surface area (Å²) < 4.78 is 12.7. The molecule has 2 aliphatic heterocycles. The molecule has 2 saturated heterocycles. The third kappa shape index (κ3) is 4.53. The van der Waals surface area contributed by atoms with E-state index in [2.05, 4.69) is 34.8 Å². The zero-order valence-electron chi connectivity index (χ0n) is 17.8. The summed E-state index contributed by atoms with van der Waals surface area (Å²) in [5.74, 6) is 2.56. The molecular formula is C21H32N6O2. The van der Waals surface area contributed by atoms with Crippen molar-refractivity contribution in [1.82, 2.24) is 19.7 Å². The molecule has 2 aromatic rings. The fraction of sp³-hybridized carbons (Fsp3) is 0.667. The first kappa shape index (κ1) is 20.1. The van der Waals surface area contributed by atoms with Crippen molar-refractivity contribution in [3.05, 3.63) is 24.2 Å². The van der Waals surface area contributed by atoms with Gasteiger partial charge in [0.2, 0.25) is 5.95 Å². The summed E-state index contributed by atoms with van der Waals surface area (Å²) in [6, 6.07) is 1.93. The van der Waals surface area contributed by atoms with Gasteiger partial charge in [-0.25, -0.2) is 9.67 Å². The Labute approximate surface area is 172 Å². The molecule has 2 aromatic heterocycles. The molecule has 4 heterocycles. The molecule has 0 atom stereocenters. The summed E-state index contributed by atoms with van der Waals surface area (Å²) in [5.41, 5.74) is 2.35. The van der Waals surface area contributed by atoms with Gasteiger partial charge in [-0.15, -0.1) is 0 Å². The Bertz CT molecular complexity index is 794. The molecule has 0 unspecified atom stereocenters. The predicted molar refractivity (Wildman–Crippen MR) is 113 cm³/mol. The number of hydrogen-bond acceptors (Lipinski definition) is 7. The summed E-state index contributed by atoms with van der Waals surface area (Å²) >= 11 is 0. The Hall–Kier alpha value is -2.19. The van der Waals surface area contributed by atoms with Crippen LogP contribution in [0, 0.1) is 5.92 Å². The van der Waals surface area contributed by atoms with Gasteiger partial charge in [-0.2, -0.15) is 10.1 Å². The second kappa shape index (κ2) is 9.09. The standard InChI is InChI=1S/C21H32N6O2/c1-16(2)20-18(25-8-5-17(6-9-25)15-28-3)14-27(24-20)19-4-7-22-21(23-19)26-10-12-29-13-11-26/h4,7,14,16-17H,5-6,8-13,15H2,1-3H3. The van der Waals surface area contributed by atoms with E-state index in [4.69, 9.17) is 19.6 Å². The van der Waals surface area contributed by atoms with Gasteiger partial charge in [0.1, 0.15) is 0 Å². The van der Waals surface area contributed by atoms with Crippen LogP contribution in [0.3, 0.4) is 0 Å². The predicted octanol–water partition coefficient (Wildman–Crippen LogP) is 2.49. The van der Waals surface area contributed by atoms with E-state index < -0.39 is 0 Å². The third-order valence-corrected chi connectivity index (χ3v) is 5.78. The molecular weight excluding hydrogens is 368 g/mol. The van der Waals surface area contributed by atoms with Gasteiger partial charge in [-0.1, -0.05) is 13.8 Å². The van der Waals surface area contributed by atoms with Crippen LogP contribution in [0.25, 0.3) is 5.82 Å². The number of hydrogen-bond donors (Lipinski definition) is 0. The first-order valence-electron chi connectivity index (χ1n) is 10.6. The number of nitrogens with zero attached hydrogens (tertiary/aromatic N) is 6. The molecule has 0 N–H and O–H groups in total. The topological polar surface area (TPSA) is 68.5 Å². The molecule has 0 bridgehead atoms. The van der Waals surface area contributed by atoms with Crippen LogP contribution in [0.2, 0.25) is 0 Å². The Balaban J connectivity index is 1.57. The minimum atomic E-state index is 0.350. The number of anilines is 2. The first-order chi connectivity index (χ1) is 14.2. The zero-order chi connectivity index (χ0) is 20.2. The average molecular weight is 401 g/mol. The minimum Gasteiger partial charge on any atom is -0.384 e. The van der Waals surface area contributed by atoms with Gasteiger partial charge in [-0.3, -0.25) is 0 Å². The van der Waals surface area contributed by atoms with Gasteiger partial charge in [0.25, 0.3) is 0 Å². The van der Waals surface area contributed by atoms with Gasteiger partial charge >= 0.3 is 0 Å². The number of ether oxygens (including phenoxy) is 2. The van der Waals surface area contributed by atoms with Crippen molar-refractivity contribution < 1.29 is 9.47 Å². The van der Waals surface area contributed by atoms with E-state index in [0.717, 1.165) is 76.3 Å². The molecule has 8 heteroatoms. The number of rotatable bonds is 6. The van der Waals surface area contributed by atoms with E-state index >= 15 is 0 Å². The highest BCUT2D eigenvalue weighted by molar-refractivity contribution is 5.52. The highest BCUT2D eigenvalue weighted by Crippen LogP contribution is 2.31. The second-order valence-corrected chi connectivity index (χ2v) is 8.20. The Kier molecular flexibility index (Phi) is 6.30. The molecule has 29 heavy (non-hydrogen) atoms. The Morgan fingerprint density at radius 3 is 2.59 bits per heavy atom. The van der Waals surface area contributed by atoms with E-state index in [9.17, 15) is 0 Å². The molecule has 158 valence electrons. The average Bonchev–Trinajstić information content (AvgIpc) is 3.21. The summed E-state index contributed by atoms with van der Waals surface area (Å²) in [6.07, 6.45) is 6.27. The maximum absolute atomic E-state index is 5.44. The smallest absolute Gasteiger partial charge is 0.227 e. The van der Waals surface area contributed by atoms with Gasteiger partial charge in [0.05, 0.1) is 30.8 Å². The Morgan fingerprint density at radius 1 is 1.14 bits per heavy atom. The molecule has 2 aliphatic rings. The lowest BCUT2D eigenvalue weighted by atomic mass is 9.97. The van der Waals surface area contributed by atoms with Crippen LogP contribution in [-0.2, 0) is 9.47 Å².